The van der Waals surface area contributed by atoms with Gasteiger partial charge in [0, 0.05) is 37.6 Å². The smallest absolute Gasteiger partial charge is 0.108 e. The molecule has 0 fully saturated rings. The normalized spacial score (nSPS) is 17.8. The van der Waals surface area contributed by atoms with Gasteiger partial charge in [0.05, 0.1) is 0 Å². The first kappa shape index (κ1) is 10.4. The van der Waals surface area contributed by atoms with E-state index in [9.17, 15) is 0 Å². The number of nitrogens with zero attached hydrogens (tertiary/aromatic N) is 2. The average Bonchev–Trinajstić information content (AvgIpc) is 2.92. The minimum Gasteiger partial charge on any atom is -0.382 e. The molecule has 0 amide bonds. The van der Waals surface area contributed by atoms with Crippen molar-refractivity contribution in [1.82, 2.24) is 9.55 Å². The van der Waals surface area contributed by atoms with E-state index < -0.39 is 0 Å². The van der Waals surface area contributed by atoms with Crippen molar-refractivity contribution in [3.8, 4) is 0 Å². The lowest BCUT2D eigenvalue weighted by Gasteiger charge is -2.10. The van der Waals surface area contributed by atoms with E-state index in [4.69, 9.17) is 0 Å². The number of aromatic nitrogens is 2. The predicted molar refractivity (Wildman–Crippen MR) is 69.1 cm³/mol. The summed E-state index contributed by atoms with van der Waals surface area (Å²) in [5.74, 6) is 1.17. The summed E-state index contributed by atoms with van der Waals surface area (Å²) in [6, 6.07) is 9.14. The monoisotopic (exact) mass is 227 g/mol. The van der Waals surface area contributed by atoms with Gasteiger partial charge in [-0.1, -0.05) is 18.2 Å². The molecule has 2 aromatic rings. The zero-order valence-electron chi connectivity index (χ0n) is 10.1. The van der Waals surface area contributed by atoms with Crippen LogP contribution in [0.5, 0.6) is 0 Å². The molecule has 0 aliphatic carbocycles. The van der Waals surface area contributed by atoms with Crippen molar-refractivity contribution < 1.29 is 0 Å². The molecule has 88 valence electrons. The predicted octanol–water partition coefficient (Wildman–Crippen LogP) is 2.39. The second kappa shape index (κ2) is 4.24. The summed E-state index contributed by atoms with van der Waals surface area (Å²) >= 11 is 0. The molecule has 1 unspecified atom stereocenters. The lowest BCUT2D eigenvalue weighted by molar-refractivity contribution is 0.640. The number of benzene rings is 1. The minimum absolute atomic E-state index is 0.559. The van der Waals surface area contributed by atoms with Gasteiger partial charge in [0.25, 0.3) is 0 Å². The van der Waals surface area contributed by atoms with E-state index in [0.717, 1.165) is 19.3 Å². The Bertz CT molecular complexity index is 491. The van der Waals surface area contributed by atoms with Gasteiger partial charge in [0.15, 0.2) is 0 Å². The molecule has 0 saturated carbocycles. The number of rotatable bonds is 3. The zero-order valence-corrected chi connectivity index (χ0v) is 10.1. The van der Waals surface area contributed by atoms with Crippen molar-refractivity contribution in [2.24, 2.45) is 7.05 Å². The van der Waals surface area contributed by atoms with Crippen molar-refractivity contribution in [2.45, 2.75) is 25.3 Å². The van der Waals surface area contributed by atoms with Crippen LogP contribution in [0.15, 0.2) is 36.7 Å². The zero-order chi connectivity index (χ0) is 11.7. The molecule has 1 aromatic heterocycles. The molecule has 0 spiro atoms. The van der Waals surface area contributed by atoms with Gasteiger partial charge in [-0.3, -0.25) is 0 Å². The number of anilines is 1. The second-order valence-corrected chi connectivity index (χ2v) is 4.70. The maximum atomic E-state index is 4.36. The van der Waals surface area contributed by atoms with E-state index in [0.29, 0.717) is 6.04 Å². The Morgan fingerprint density at radius 2 is 2.29 bits per heavy atom. The molecule has 17 heavy (non-hydrogen) atoms. The van der Waals surface area contributed by atoms with E-state index in [1.165, 1.54) is 17.1 Å². The van der Waals surface area contributed by atoms with Crippen molar-refractivity contribution in [3.63, 3.8) is 0 Å². The van der Waals surface area contributed by atoms with Crippen molar-refractivity contribution in [2.75, 3.05) is 5.32 Å². The van der Waals surface area contributed by atoms with Crippen LogP contribution in [-0.2, 0) is 19.9 Å². The number of aryl methyl sites for hydroxylation is 2. The Morgan fingerprint density at radius 1 is 1.41 bits per heavy atom. The maximum absolute atomic E-state index is 4.36. The highest BCUT2D eigenvalue weighted by Gasteiger charge is 2.19. The Hall–Kier alpha value is -1.77. The third-order valence-corrected chi connectivity index (χ3v) is 3.48. The maximum Gasteiger partial charge on any atom is 0.108 e. The standard InChI is InChI=1S/C14H17N3/c1-17-9-8-15-14(17)7-6-12-10-11-4-2-3-5-13(11)16-12/h2-5,8-9,12,16H,6-7,10H2,1H3. The van der Waals surface area contributed by atoms with Crippen LogP contribution in [0, 0.1) is 0 Å². The summed E-state index contributed by atoms with van der Waals surface area (Å²) in [7, 11) is 2.05. The molecule has 1 aromatic carbocycles. The van der Waals surface area contributed by atoms with Gasteiger partial charge >= 0.3 is 0 Å². The molecule has 1 aliphatic rings. The number of hydrogen-bond donors (Lipinski definition) is 1. The third-order valence-electron chi connectivity index (χ3n) is 3.48. The van der Waals surface area contributed by atoms with Gasteiger partial charge in [-0.15, -0.1) is 0 Å². The van der Waals surface area contributed by atoms with Crippen LogP contribution in [0.2, 0.25) is 0 Å². The lowest BCUT2D eigenvalue weighted by atomic mass is 10.1. The first-order chi connectivity index (χ1) is 8.33. The van der Waals surface area contributed by atoms with Crippen LogP contribution >= 0.6 is 0 Å². The van der Waals surface area contributed by atoms with Crippen LogP contribution in [0.25, 0.3) is 0 Å². The van der Waals surface area contributed by atoms with Crippen LogP contribution in [0.1, 0.15) is 17.8 Å². The van der Waals surface area contributed by atoms with Gasteiger partial charge in [0.1, 0.15) is 5.82 Å². The molecule has 1 N–H and O–H groups in total. The molecular weight excluding hydrogens is 210 g/mol. The summed E-state index contributed by atoms with van der Waals surface area (Å²) in [6.45, 7) is 0. The van der Waals surface area contributed by atoms with Crippen LogP contribution in [0.4, 0.5) is 5.69 Å². The number of nitrogens with one attached hydrogen (secondary N) is 1. The lowest BCUT2D eigenvalue weighted by Crippen LogP contribution is -2.17. The number of fused-ring (bicyclic) bond motifs is 1. The summed E-state index contributed by atoms with van der Waals surface area (Å²) in [5, 5.41) is 3.58. The van der Waals surface area contributed by atoms with E-state index in [1.54, 1.807) is 0 Å². The second-order valence-electron chi connectivity index (χ2n) is 4.70. The number of para-hydroxylation sites is 1. The summed E-state index contributed by atoms with van der Waals surface area (Å²) < 4.78 is 2.10. The van der Waals surface area contributed by atoms with E-state index in [1.807, 2.05) is 12.4 Å². The van der Waals surface area contributed by atoms with Crippen LogP contribution < -0.4 is 5.32 Å². The Morgan fingerprint density at radius 3 is 3.06 bits per heavy atom. The fourth-order valence-corrected chi connectivity index (χ4v) is 2.49. The van der Waals surface area contributed by atoms with Crippen molar-refractivity contribution in [3.05, 3.63) is 48.0 Å². The summed E-state index contributed by atoms with van der Waals surface area (Å²) in [4.78, 5) is 4.36. The minimum atomic E-state index is 0.559. The fourth-order valence-electron chi connectivity index (χ4n) is 2.49. The molecule has 3 rings (SSSR count). The summed E-state index contributed by atoms with van der Waals surface area (Å²) in [5.41, 5.74) is 2.75. The van der Waals surface area contributed by atoms with Gasteiger partial charge < -0.3 is 9.88 Å². The van der Waals surface area contributed by atoms with Gasteiger partial charge in [0.2, 0.25) is 0 Å². The Labute approximate surface area is 101 Å². The molecular formula is C14H17N3. The van der Waals surface area contributed by atoms with Crippen LogP contribution in [0.3, 0.4) is 0 Å². The largest absolute Gasteiger partial charge is 0.382 e. The number of imidazole rings is 1. The molecule has 1 aliphatic heterocycles. The molecule has 0 bridgehead atoms. The first-order valence-corrected chi connectivity index (χ1v) is 6.13. The van der Waals surface area contributed by atoms with Gasteiger partial charge in [-0.2, -0.15) is 0 Å². The van der Waals surface area contributed by atoms with Crippen molar-refractivity contribution in [1.29, 1.82) is 0 Å². The molecule has 3 nitrogen and oxygen atoms in total. The molecule has 2 heterocycles. The highest BCUT2D eigenvalue weighted by Crippen LogP contribution is 2.26. The van der Waals surface area contributed by atoms with Gasteiger partial charge in [-0.25, -0.2) is 4.98 Å². The third kappa shape index (κ3) is 2.05. The topological polar surface area (TPSA) is 29.9 Å². The van der Waals surface area contributed by atoms with E-state index >= 15 is 0 Å². The molecule has 0 saturated heterocycles. The number of hydrogen-bond acceptors (Lipinski definition) is 2. The average molecular weight is 227 g/mol. The van der Waals surface area contributed by atoms with Gasteiger partial charge in [-0.05, 0) is 24.5 Å². The SMILES string of the molecule is Cn1ccnc1CCC1Cc2ccccc2N1. The fraction of sp³-hybridized carbons (Fsp3) is 0.357. The first-order valence-electron chi connectivity index (χ1n) is 6.13. The Kier molecular flexibility index (Phi) is 2.59. The summed E-state index contributed by atoms with van der Waals surface area (Å²) in [6.07, 6.45) is 7.19. The molecule has 0 radical (unpaired) electrons. The highest BCUT2D eigenvalue weighted by atomic mass is 15.0. The highest BCUT2D eigenvalue weighted by molar-refractivity contribution is 5.56. The van der Waals surface area contributed by atoms with Crippen LogP contribution in [-0.4, -0.2) is 15.6 Å². The van der Waals surface area contributed by atoms with E-state index in [-0.39, 0.29) is 0 Å². The Balaban J connectivity index is 1.61. The molecule has 3 heteroatoms. The quantitative estimate of drug-likeness (QED) is 0.872. The molecule has 1 atom stereocenters. The van der Waals surface area contributed by atoms with E-state index in [2.05, 4.69) is 46.2 Å². The van der Waals surface area contributed by atoms with Crippen molar-refractivity contribution >= 4 is 5.69 Å².